The van der Waals surface area contributed by atoms with Crippen molar-refractivity contribution in [1.82, 2.24) is 9.99 Å². The summed E-state index contributed by atoms with van der Waals surface area (Å²) in [4.78, 5) is 17.1. The molecule has 0 bridgehead atoms. The van der Waals surface area contributed by atoms with Gasteiger partial charge in [-0.25, -0.2) is 9.46 Å². The van der Waals surface area contributed by atoms with Crippen LogP contribution >= 0.6 is 20.3 Å². The third kappa shape index (κ3) is 12.4. The Morgan fingerprint density at radius 2 is 1.45 bits per heavy atom. The summed E-state index contributed by atoms with van der Waals surface area (Å²) >= 11 is 1.77. The van der Waals surface area contributed by atoms with Crippen LogP contribution in [0.2, 0.25) is 0 Å². The average Bonchev–Trinajstić information content (AvgIpc) is 3.69. The van der Waals surface area contributed by atoms with Crippen molar-refractivity contribution in [1.29, 1.82) is 5.26 Å². The summed E-state index contributed by atoms with van der Waals surface area (Å²) in [5.74, 6) is 1.41. The normalized spacial score (nSPS) is 14.0. The van der Waals surface area contributed by atoms with Crippen molar-refractivity contribution in [2.75, 3.05) is 52.5 Å². The number of benzene rings is 5. The fraction of sp³-hybridized carbons (Fsp3) is 0.327. The van der Waals surface area contributed by atoms with Gasteiger partial charge in [0.15, 0.2) is 12.7 Å². The van der Waals surface area contributed by atoms with Crippen LogP contribution in [0.1, 0.15) is 62.8 Å². The molecule has 1 aromatic heterocycles. The molecule has 2 heterocycles. The van der Waals surface area contributed by atoms with E-state index in [4.69, 9.17) is 28.0 Å². The molecule has 69 heavy (non-hydrogen) atoms. The molecule has 1 N–H and O–H groups in total. The Hall–Kier alpha value is -5.97. The zero-order valence-corrected chi connectivity index (χ0v) is 42.3. The number of nitriles is 1. The summed E-state index contributed by atoms with van der Waals surface area (Å²) in [6, 6.07) is 47.0. The number of para-hydroxylation sites is 2. The van der Waals surface area contributed by atoms with Crippen LogP contribution in [0.4, 0.5) is 10.5 Å². The SMILES string of the molecule is COc1ccc(C(OC[C@H](CNC(=O)OCCC[n+]2ccc(C=C3Sc4ccccc4N3C)c3ccccc32)OP(OCCC#N)N(C(C)C)C(C)C)(c2ccccc2)c2ccc(OC)cc2)cc1. The molecule has 360 valence electrons. The molecule has 5 aromatic carbocycles. The largest absolute Gasteiger partial charge is 0.497 e. The van der Waals surface area contributed by atoms with E-state index in [0.29, 0.717) is 24.5 Å². The minimum atomic E-state index is -1.71. The Morgan fingerprint density at radius 3 is 2.09 bits per heavy atom. The number of hydrogen-bond donors (Lipinski definition) is 1. The van der Waals surface area contributed by atoms with Gasteiger partial charge in [0.1, 0.15) is 23.2 Å². The van der Waals surface area contributed by atoms with Crippen molar-refractivity contribution < 1.29 is 37.4 Å². The van der Waals surface area contributed by atoms with Crippen LogP contribution in [0.3, 0.4) is 0 Å². The number of rotatable bonds is 23. The van der Waals surface area contributed by atoms with Gasteiger partial charge in [0.25, 0.3) is 8.53 Å². The number of methoxy groups -OCH3 is 2. The van der Waals surface area contributed by atoms with Crippen molar-refractivity contribution in [3.8, 4) is 17.6 Å². The van der Waals surface area contributed by atoms with Crippen molar-refractivity contribution in [3.63, 3.8) is 0 Å². The zero-order chi connectivity index (χ0) is 48.8. The summed E-state index contributed by atoms with van der Waals surface area (Å²) in [6.07, 6.45) is 3.85. The molecule has 1 amide bonds. The maximum absolute atomic E-state index is 13.6. The summed E-state index contributed by atoms with van der Waals surface area (Å²) in [5, 5.41) is 14.7. The minimum absolute atomic E-state index is 0.0238. The molecule has 1 unspecified atom stereocenters. The molecule has 0 radical (unpaired) electrons. The van der Waals surface area contributed by atoms with Gasteiger partial charge < -0.3 is 38.2 Å². The lowest BCUT2D eigenvalue weighted by Gasteiger charge is -2.39. The van der Waals surface area contributed by atoms with E-state index in [2.05, 4.69) is 121 Å². The molecule has 14 heteroatoms. The van der Waals surface area contributed by atoms with Crippen molar-refractivity contribution in [2.24, 2.45) is 0 Å². The predicted octanol–water partition coefficient (Wildman–Crippen LogP) is 11.5. The second kappa shape index (κ2) is 24.5. The highest BCUT2D eigenvalue weighted by molar-refractivity contribution is 8.03. The fourth-order valence-corrected chi connectivity index (χ4v) is 11.3. The van der Waals surface area contributed by atoms with Gasteiger partial charge in [-0.1, -0.05) is 90.6 Å². The molecule has 0 saturated carbocycles. The highest BCUT2D eigenvalue weighted by Gasteiger charge is 2.40. The van der Waals surface area contributed by atoms with Crippen LogP contribution in [0.15, 0.2) is 150 Å². The maximum Gasteiger partial charge on any atom is 0.407 e. The number of aromatic nitrogens is 1. The van der Waals surface area contributed by atoms with Crippen LogP contribution in [0.5, 0.6) is 11.5 Å². The lowest BCUT2D eigenvalue weighted by Crippen LogP contribution is -2.42. The maximum atomic E-state index is 13.6. The number of alkyl carbamates (subject to hydrolysis) is 1. The first-order valence-electron chi connectivity index (χ1n) is 23.3. The third-order valence-electron chi connectivity index (χ3n) is 11.8. The number of nitrogens with zero attached hydrogens (tertiary/aromatic N) is 4. The molecule has 7 rings (SSSR count). The predicted molar refractivity (Wildman–Crippen MR) is 275 cm³/mol. The van der Waals surface area contributed by atoms with E-state index in [1.54, 1.807) is 26.0 Å². The van der Waals surface area contributed by atoms with E-state index in [1.807, 2.05) is 84.9 Å². The van der Waals surface area contributed by atoms with E-state index >= 15 is 0 Å². The van der Waals surface area contributed by atoms with E-state index in [-0.39, 0.29) is 44.9 Å². The first kappa shape index (κ1) is 50.9. The Bertz CT molecular complexity index is 2630. The third-order valence-corrected chi connectivity index (χ3v) is 15.2. The molecular weight excluding hydrogens is 906 g/mol. The molecule has 0 aliphatic carbocycles. The van der Waals surface area contributed by atoms with Gasteiger partial charge in [-0.2, -0.15) is 9.83 Å². The number of thioether (sulfide) groups is 1. The molecule has 1 aliphatic rings. The lowest BCUT2D eigenvalue weighted by molar-refractivity contribution is -0.672. The van der Waals surface area contributed by atoms with Crippen molar-refractivity contribution in [2.45, 2.75) is 75.8 Å². The smallest absolute Gasteiger partial charge is 0.407 e. The molecule has 6 aromatic rings. The number of nitrogens with one attached hydrogen (secondary N) is 1. The first-order valence-corrected chi connectivity index (χ1v) is 25.3. The van der Waals surface area contributed by atoms with Crippen LogP contribution in [0.25, 0.3) is 17.0 Å². The van der Waals surface area contributed by atoms with E-state index in [1.165, 1.54) is 15.6 Å². The number of fused-ring (bicyclic) bond motifs is 2. The van der Waals surface area contributed by atoms with Gasteiger partial charge in [-0.3, -0.25) is 0 Å². The molecule has 0 spiro atoms. The summed E-state index contributed by atoms with van der Waals surface area (Å²) in [6.45, 7) is 9.45. The molecule has 0 fully saturated rings. The molecule has 2 atom stereocenters. The molecule has 0 saturated heterocycles. The summed E-state index contributed by atoms with van der Waals surface area (Å²) in [5.41, 5.74) is 4.89. The van der Waals surface area contributed by atoms with Gasteiger partial charge >= 0.3 is 6.09 Å². The zero-order valence-electron chi connectivity index (χ0n) is 40.5. The summed E-state index contributed by atoms with van der Waals surface area (Å²) < 4.78 is 41.9. The number of carbonyl (C=O) groups is 1. The molecule has 12 nitrogen and oxygen atoms in total. The number of carbonyl (C=O) groups excluding carboxylic acids is 1. The number of ether oxygens (including phenoxy) is 4. The quantitative estimate of drug-likeness (QED) is 0.0286. The topological polar surface area (TPSA) is 119 Å². The highest BCUT2D eigenvalue weighted by Crippen LogP contribution is 2.49. The standard InChI is InChI=1S/C55H62N5O7PS/c1-40(2)60(41(3)4)68(66-36-15-32-56)67-48(39-65-55(43-17-9-8-10-18-43,44-23-27-46(62-6)28-24-44)45-25-29-47(63-7)30-26-45)38-57-54(61)64-35-16-33-59-34-31-42(49-19-11-12-20-50(49)59)37-53-58(5)51-21-13-14-22-52(51)69-53/h8-14,17-31,34,37,40-41,48H,15-16,33,35-36,38-39H2,1-7H3/p+1/t48-,68?/m0/s1. The lowest BCUT2D eigenvalue weighted by atomic mass is 9.80. The second-order valence-electron chi connectivity index (χ2n) is 17.1. The van der Waals surface area contributed by atoms with E-state index in [9.17, 15) is 10.1 Å². The molecule has 1 aliphatic heterocycles. The van der Waals surface area contributed by atoms with E-state index < -0.39 is 26.3 Å². The van der Waals surface area contributed by atoms with Gasteiger partial charge in [0.05, 0.1) is 62.6 Å². The number of pyridine rings is 1. The van der Waals surface area contributed by atoms with Gasteiger partial charge in [-0.05, 0) is 98.5 Å². The van der Waals surface area contributed by atoms with Crippen molar-refractivity contribution >= 4 is 49.0 Å². The Morgan fingerprint density at radius 1 is 0.826 bits per heavy atom. The fourth-order valence-electron chi connectivity index (χ4n) is 8.50. The Kier molecular flexibility index (Phi) is 18.1. The van der Waals surface area contributed by atoms with E-state index in [0.717, 1.165) is 33.2 Å². The monoisotopic (exact) mass is 968 g/mol. The van der Waals surface area contributed by atoms with Crippen LogP contribution in [-0.4, -0.2) is 76.6 Å². The van der Waals surface area contributed by atoms with Gasteiger partial charge in [0.2, 0.25) is 5.52 Å². The average molecular weight is 969 g/mol. The van der Waals surface area contributed by atoms with Gasteiger partial charge in [0, 0.05) is 49.1 Å². The number of hydrogen-bond acceptors (Lipinski definition) is 11. The van der Waals surface area contributed by atoms with Crippen LogP contribution in [-0.2, 0) is 30.7 Å². The Labute approximate surface area is 412 Å². The molecular formula is C55H63N5O7PS+. The Balaban J connectivity index is 1.10. The number of amides is 1. The number of anilines is 1. The van der Waals surface area contributed by atoms with Crippen LogP contribution < -0.4 is 24.3 Å². The number of aryl methyl sites for hydroxylation is 1. The minimum Gasteiger partial charge on any atom is -0.497 e. The first-order chi connectivity index (χ1) is 33.6. The van der Waals surface area contributed by atoms with Crippen LogP contribution in [0, 0.1) is 11.3 Å². The highest BCUT2D eigenvalue weighted by atomic mass is 32.2. The second-order valence-corrected chi connectivity index (χ2v) is 19.5. The van der Waals surface area contributed by atoms with Crippen molar-refractivity contribution in [3.05, 3.63) is 167 Å². The van der Waals surface area contributed by atoms with Gasteiger partial charge in [-0.15, -0.1) is 0 Å². The summed E-state index contributed by atoms with van der Waals surface area (Å²) in [7, 11) is 3.67.